The first-order valence-corrected chi connectivity index (χ1v) is 8.27. The Kier molecular flexibility index (Phi) is 5.04. The Bertz CT molecular complexity index is 894. The summed E-state index contributed by atoms with van der Waals surface area (Å²) in [4.78, 5) is 16.4. The molecule has 3 rings (SSSR count). The zero-order valence-corrected chi connectivity index (χ0v) is 14.1. The van der Waals surface area contributed by atoms with E-state index in [4.69, 9.17) is 4.74 Å². The predicted octanol–water partition coefficient (Wildman–Crippen LogP) is 4.27. The van der Waals surface area contributed by atoms with Crippen LogP contribution in [0.25, 0.3) is 0 Å². The third-order valence-corrected chi connectivity index (χ3v) is 4.33. The molecule has 3 aromatic rings. The molecule has 0 saturated carbocycles. The number of ether oxygens (including phenoxy) is 1. The van der Waals surface area contributed by atoms with Gasteiger partial charge in [-0.3, -0.25) is 4.79 Å². The van der Waals surface area contributed by atoms with Crippen molar-refractivity contribution in [3.63, 3.8) is 0 Å². The van der Waals surface area contributed by atoms with E-state index in [1.54, 1.807) is 12.5 Å². The van der Waals surface area contributed by atoms with Crippen molar-refractivity contribution in [1.29, 1.82) is 0 Å². The van der Waals surface area contributed by atoms with Crippen molar-refractivity contribution < 1.29 is 18.3 Å². The van der Waals surface area contributed by atoms with Crippen molar-refractivity contribution >= 4 is 22.9 Å². The van der Waals surface area contributed by atoms with Crippen LogP contribution in [0.4, 0.5) is 14.5 Å². The molecule has 4 nitrogen and oxygen atoms in total. The number of amides is 1. The highest BCUT2D eigenvalue weighted by molar-refractivity contribution is 7.09. The summed E-state index contributed by atoms with van der Waals surface area (Å²) in [7, 11) is 1.60. The lowest BCUT2D eigenvalue weighted by atomic mass is 10.1. The Labute approximate surface area is 147 Å². The number of halogens is 2. The van der Waals surface area contributed by atoms with Crippen LogP contribution in [0.3, 0.4) is 0 Å². The number of carbonyl (C=O) groups excluding carboxylic acids is 1. The van der Waals surface area contributed by atoms with Gasteiger partial charge in [0.15, 0.2) is 0 Å². The fourth-order valence-corrected chi connectivity index (χ4v) is 3.00. The topological polar surface area (TPSA) is 51.2 Å². The number of benzene rings is 2. The van der Waals surface area contributed by atoms with E-state index < -0.39 is 17.5 Å². The van der Waals surface area contributed by atoms with Crippen LogP contribution in [0.1, 0.15) is 21.1 Å². The number of aromatic nitrogens is 1. The van der Waals surface area contributed by atoms with E-state index in [1.807, 2.05) is 24.3 Å². The smallest absolute Gasteiger partial charge is 0.275 e. The maximum absolute atomic E-state index is 13.6. The molecule has 0 saturated heterocycles. The molecule has 0 atom stereocenters. The van der Waals surface area contributed by atoms with Crippen LogP contribution < -0.4 is 10.1 Å². The summed E-state index contributed by atoms with van der Waals surface area (Å²) >= 11 is 1.34. The lowest BCUT2D eigenvalue weighted by molar-refractivity contribution is 0.102. The number of carbonyl (C=O) groups is 1. The highest BCUT2D eigenvalue weighted by Crippen LogP contribution is 2.20. The van der Waals surface area contributed by atoms with Gasteiger partial charge in [0.1, 0.15) is 23.1 Å². The van der Waals surface area contributed by atoms with Crippen LogP contribution in [0.2, 0.25) is 0 Å². The van der Waals surface area contributed by atoms with E-state index in [0.29, 0.717) is 12.5 Å². The van der Waals surface area contributed by atoms with Crippen LogP contribution in [0.15, 0.2) is 47.8 Å². The third kappa shape index (κ3) is 4.19. The van der Waals surface area contributed by atoms with Gasteiger partial charge in [-0.05, 0) is 29.8 Å². The molecule has 0 aliphatic rings. The molecule has 1 amide bonds. The number of nitrogens with one attached hydrogen (secondary N) is 1. The molecule has 0 spiro atoms. The number of hydrogen-bond acceptors (Lipinski definition) is 4. The first-order valence-electron chi connectivity index (χ1n) is 7.39. The lowest BCUT2D eigenvalue weighted by Crippen LogP contribution is -2.13. The van der Waals surface area contributed by atoms with E-state index in [9.17, 15) is 13.6 Å². The van der Waals surface area contributed by atoms with Gasteiger partial charge >= 0.3 is 0 Å². The zero-order valence-electron chi connectivity index (χ0n) is 13.3. The van der Waals surface area contributed by atoms with Crippen molar-refractivity contribution in [2.24, 2.45) is 0 Å². The average Bonchev–Trinajstić information content (AvgIpc) is 3.07. The predicted molar refractivity (Wildman–Crippen MR) is 92.2 cm³/mol. The Hall–Kier alpha value is -2.80. The summed E-state index contributed by atoms with van der Waals surface area (Å²) in [5.41, 5.74) is 1.14. The van der Waals surface area contributed by atoms with Gasteiger partial charge in [0.25, 0.3) is 5.91 Å². The Balaban J connectivity index is 1.68. The van der Waals surface area contributed by atoms with Crippen molar-refractivity contribution in [1.82, 2.24) is 4.98 Å². The number of nitrogens with zero attached hydrogens (tertiary/aromatic N) is 1. The number of methoxy groups -OCH3 is 1. The molecule has 0 radical (unpaired) electrons. The molecule has 128 valence electrons. The summed E-state index contributed by atoms with van der Waals surface area (Å²) in [6, 6.07) is 10.5. The van der Waals surface area contributed by atoms with Crippen molar-refractivity contribution in [2.45, 2.75) is 6.42 Å². The van der Waals surface area contributed by atoms with Gasteiger partial charge in [-0.15, -0.1) is 11.3 Å². The molecule has 25 heavy (non-hydrogen) atoms. The molecular weight excluding hydrogens is 346 g/mol. The van der Waals surface area contributed by atoms with Crippen molar-refractivity contribution in [3.8, 4) is 5.75 Å². The van der Waals surface area contributed by atoms with Gasteiger partial charge in [-0.1, -0.05) is 12.1 Å². The quantitative estimate of drug-likeness (QED) is 0.739. The van der Waals surface area contributed by atoms with Gasteiger partial charge in [0, 0.05) is 17.9 Å². The number of hydrogen-bond donors (Lipinski definition) is 1. The highest BCUT2D eigenvalue weighted by Gasteiger charge is 2.14. The highest BCUT2D eigenvalue weighted by atomic mass is 32.1. The van der Waals surface area contributed by atoms with E-state index in [-0.39, 0.29) is 11.4 Å². The summed E-state index contributed by atoms with van der Waals surface area (Å²) in [5, 5.41) is 4.76. The number of thiazole rings is 1. The molecule has 7 heteroatoms. The molecule has 1 N–H and O–H groups in total. The summed E-state index contributed by atoms with van der Waals surface area (Å²) < 4.78 is 31.6. The Morgan fingerprint density at radius 2 is 1.96 bits per heavy atom. The zero-order chi connectivity index (χ0) is 17.8. The summed E-state index contributed by atoms with van der Waals surface area (Å²) in [5.74, 6) is -1.31. The molecule has 0 unspecified atom stereocenters. The van der Waals surface area contributed by atoms with Gasteiger partial charge in [0.05, 0.1) is 17.8 Å². The van der Waals surface area contributed by atoms with E-state index >= 15 is 0 Å². The molecule has 1 heterocycles. The van der Waals surface area contributed by atoms with E-state index in [0.717, 1.165) is 22.4 Å². The lowest BCUT2D eigenvalue weighted by Gasteiger charge is -2.04. The van der Waals surface area contributed by atoms with Crippen LogP contribution in [-0.4, -0.2) is 18.0 Å². The third-order valence-electron chi connectivity index (χ3n) is 3.48. The van der Waals surface area contributed by atoms with E-state index in [1.165, 1.54) is 17.4 Å². The average molecular weight is 360 g/mol. The van der Waals surface area contributed by atoms with Crippen LogP contribution >= 0.6 is 11.3 Å². The van der Waals surface area contributed by atoms with Gasteiger partial charge in [0.2, 0.25) is 0 Å². The fraction of sp³-hybridized carbons (Fsp3) is 0.111. The minimum Gasteiger partial charge on any atom is -0.497 e. The second-order valence-electron chi connectivity index (χ2n) is 5.23. The standard InChI is InChI=1S/C18H14F2N2O2S/c1-24-13-5-2-11(3-6-13)8-17-21-16(10-25-17)18(23)22-15-7-4-12(19)9-14(15)20/h2-7,9-10H,8H2,1H3,(H,22,23). The van der Waals surface area contributed by atoms with Gasteiger partial charge in [-0.25, -0.2) is 13.8 Å². The maximum atomic E-state index is 13.6. The van der Waals surface area contributed by atoms with Crippen molar-refractivity contribution in [2.75, 3.05) is 12.4 Å². The molecule has 2 aromatic carbocycles. The van der Waals surface area contributed by atoms with Gasteiger partial charge < -0.3 is 10.1 Å². The van der Waals surface area contributed by atoms with Crippen LogP contribution in [0, 0.1) is 11.6 Å². The normalized spacial score (nSPS) is 10.5. The van der Waals surface area contributed by atoms with Crippen LogP contribution in [-0.2, 0) is 6.42 Å². The Morgan fingerprint density at radius 3 is 2.64 bits per heavy atom. The van der Waals surface area contributed by atoms with E-state index in [2.05, 4.69) is 10.3 Å². The maximum Gasteiger partial charge on any atom is 0.275 e. The second kappa shape index (κ2) is 7.40. The second-order valence-corrected chi connectivity index (χ2v) is 6.17. The molecule has 0 aliphatic carbocycles. The molecule has 0 bridgehead atoms. The van der Waals surface area contributed by atoms with Crippen molar-refractivity contribution in [3.05, 3.63) is 75.7 Å². The Morgan fingerprint density at radius 1 is 1.20 bits per heavy atom. The van der Waals surface area contributed by atoms with Crippen LogP contribution in [0.5, 0.6) is 5.75 Å². The summed E-state index contributed by atoms with van der Waals surface area (Å²) in [6.45, 7) is 0. The largest absolute Gasteiger partial charge is 0.497 e. The SMILES string of the molecule is COc1ccc(Cc2nc(C(=O)Nc3ccc(F)cc3F)cs2)cc1. The first kappa shape index (κ1) is 17.0. The first-order chi connectivity index (χ1) is 12.0. The minimum absolute atomic E-state index is 0.0869. The molecule has 0 aliphatic heterocycles. The summed E-state index contributed by atoms with van der Waals surface area (Å²) in [6.07, 6.45) is 0.576. The molecular formula is C18H14F2N2O2S. The molecule has 1 aromatic heterocycles. The van der Waals surface area contributed by atoms with Gasteiger partial charge in [-0.2, -0.15) is 0 Å². The number of anilines is 1. The number of rotatable bonds is 5. The monoisotopic (exact) mass is 360 g/mol. The fourth-order valence-electron chi connectivity index (χ4n) is 2.19. The minimum atomic E-state index is -0.831. The molecule has 0 fully saturated rings.